The predicted octanol–water partition coefficient (Wildman–Crippen LogP) is 2.37. The first kappa shape index (κ1) is 11.4. The van der Waals surface area contributed by atoms with E-state index in [1.807, 2.05) is 0 Å². The summed E-state index contributed by atoms with van der Waals surface area (Å²) in [7, 11) is 0. The predicted molar refractivity (Wildman–Crippen MR) is 69.7 cm³/mol. The van der Waals surface area contributed by atoms with Crippen molar-refractivity contribution in [2.45, 2.75) is 6.92 Å². The van der Waals surface area contributed by atoms with Crippen molar-refractivity contribution in [2.24, 2.45) is 0 Å². The summed E-state index contributed by atoms with van der Waals surface area (Å²) in [5.74, 6) is -0.638. The van der Waals surface area contributed by atoms with Crippen LogP contribution in [0, 0.1) is 6.92 Å². The van der Waals surface area contributed by atoms with Gasteiger partial charge in [0.2, 0.25) is 0 Å². The fourth-order valence-corrected chi connectivity index (χ4v) is 2.10. The summed E-state index contributed by atoms with van der Waals surface area (Å²) in [6.07, 6.45) is 0. The zero-order chi connectivity index (χ0) is 13.7. The third-order valence-electron chi connectivity index (χ3n) is 3.13. The van der Waals surface area contributed by atoms with E-state index in [-0.39, 0.29) is 22.8 Å². The van der Waals surface area contributed by atoms with Gasteiger partial charge in [0.15, 0.2) is 11.5 Å². The van der Waals surface area contributed by atoms with Crippen molar-refractivity contribution in [3.05, 3.63) is 40.2 Å². The topological polar surface area (TPSA) is 90.9 Å². The Labute approximate surface area is 107 Å². The average Bonchev–Trinajstić information content (AvgIpc) is 2.35. The van der Waals surface area contributed by atoms with Crippen LogP contribution in [-0.2, 0) is 0 Å². The molecule has 3 rings (SSSR count). The van der Waals surface area contributed by atoms with Gasteiger partial charge < -0.3 is 19.7 Å². The lowest BCUT2D eigenvalue weighted by Crippen LogP contribution is -2.00. The number of phenols is 3. The van der Waals surface area contributed by atoms with E-state index in [9.17, 15) is 20.1 Å². The lowest BCUT2D eigenvalue weighted by Gasteiger charge is -2.06. The average molecular weight is 258 g/mol. The molecule has 19 heavy (non-hydrogen) atoms. The number of phenolic OH excluding ortho intramolecular Hbond substituents is 3. The zero-order valence-corrected chi connectivity index (χ0v) is 9.97. The number of rotatable bonds is 0. The van der Waals surface area contributed by atoms with E-state index < -0.39 is 5.63 Å². The Balaban J connectivity index is 2.61. The molecule has 0 bridgehead atoms. The molecule has 0 saturated carbocycles. The first-order chi connectivity index (χ1) is 8.97. The molecule has 0 amide bonds. The minimum absolute atomic E-state index is 0.0481. The molecule has 96 valence electrons. The Hall–Kier alpha value is -2.69. The van der Waals surface area contributed by atoms with Crippen molar-refractivity contribution in [3.8, 4) is 17.2 Å². The Kier molecular flexibility index (Phi) is 2.19. The number of hydrogen-bond donors (Lipinski definition) is 3. The van der Waals surface area contributed by atoms with Gasteiger partial charge in [-0.15, -0.1) is 0 Å². The molecule has 3 aromatic rings. The van der Waals surface area contributed by atoms with E-state index in [1.54, 1.807) is 6.92 Å². The first-order valence-corrected chi connectivity index (χ1v) is 5.59. The van der Waals surface area contributed by atoms with E-state index in [4.69, 9.17) is 4.42 Å². The van der Waals surface area contributed by atoms with Crippen LogP contribution in [0.5, 0.6) is 17.2 Å². The van der Waals surface area contributed by atoms with Gasteiger partial charge in [-0.25, -0.2) is 4.79 Å². The second-order valence-corrected chi connectivity index (χ2v) is 4.41. The van der Waals surface area contributed by atoms with Gasteiger partial charge in [0.1, 0.15) is 11.3 Å². The maximum absolute atomic E-state index is 11.9. The monoisotopic (exact) mass is 258 g/mol. The van der Waals surface area contributed by atoms with Crippen LogP contribution in [0.4, 0.5) is 0 Å². The van der Waals surface area contributed by atoms with Crippen molar-refractivity contribution in [3.63, 3.8) is 0 Å². The van der Waals surface area contributed by atoms with Gasteiger partial charge in [0, 0.05) is 16.8 Å². The van der Waals surface area contributed by atoms with E-state index in [0.717, 1.165) is 0 Å². The highest BCUT2D eigenvalue weighted by molar-refractivity contribution is 6.06. The highest BCUT2D eigenvalue weighted by Crippen LogP contribution is 2.34. The second-order valence-electron chi connectivity index (χ2n) is 4.41. The van der Waals surface area contributed by atoms with Crippen LogP contribution in [0.2, 0.25) is 0 Å². The molecule has 0 radical (unpaired) electrons. The lowest BCUT2D eigenvalue weighted by atomic mass is 10.0. The maximum atomic E-state index is 11.9. The molecule has 0 fully saturated rings. The van der Waals surface area contributed by atoms with Crippen LogP contribution >= 0.6 is 0 Å². The van der Waals surface area contributed by atoms with Crippen molar-refractivity contribution in [1.29, 1.82) is 0 Å². The highest BCUT2D eigenvalue weighted by atomic mass is 16.4. The Morgan fingerprint density at radius 3 is 2.21 bits per heavy atom. The second kappa shape index (κ2) is 3.65. The van der Waals surface area contributed by atoms with Crippen LogP contribution in [0.3, 0.4) is 0 Å². The summed E-state index contributed by atoms with van der Waals surface area (Å²) in [5.41, 5.74) is 0.147. The summed E-state index contributed by atoms with van der Waals surface area (Å²) < 4.78 is 5.10. The molecule has 1 heterocycles. The Morgan fingerprint density at radius 2 is 1.47 bits per heavy atom. The SMILES string of the molecule is Cc1cc2c(=O)oc3cc(O)c(O)cc3c2cc1O. The molecule has 1 aromatic heterocycles. The number of aryl methyl sites for hydroxylation is 1. The van der Waals surface area contributed by atoms with Crippen molar-refractivity contribution < 1.29 is 19.7 Å². The fraction of sp³-hybridized carbons (Fsp3) is 0.0714. The molecule has 0 unspecified atom stereocenters. The largest absolute Gasteiger partial charge is 0.508 e. The van der Waals surface area contributed by atoms with Crippen LogP contribution in [-0.4, -0.2) is 15.3 Å². The number of fused-ring (bicyclic) bond motifs is 3. The molecule has 5 nitrogen and oxygen atoms in total. The molecule has 0 atom stereocenters. The molecule has 5 heteroatoms. The molecule has 0 aliphatic rings. The van der Waals surface area contributed by atoms with E-state index in [2.05, 4.69) is 0 Å². The molecular formula is C14H10O5. The molecule has 2 aromatic carbocycles. The molecule has 0 aliphatic carbocycles. The van der Waals surface area contributed by atoms with Crippen LogP contribution < -0.4 is 5.63 Å². The van der Waals surface area contributed by atoms with Gasteiger partial charge in [-0.3, -0.25) is 0 Å². The summed E-state index contributed by atoms with van der Waals surface area (Å²) in [6, 6.07) is 5.44. The first-order valence-electron chi connectivity index (χ1n) is 5.59. The van der Waals surface area contributed by atoms with Crippen molar-refractivity contribution >= 4 is 21.7 Å². The van der Waals surface area contributed by atoms with Gasteiger partial charge in [0.05, 0.1) is 5.39 Å². The summed E-state index contributed by atoms with van der Waals surface area (Å²) >= 11 is 0. The van der Waals surface area contributed by atoms with E-state index >= 15 is 0 Å². The highest BCUT2D eigenvalue weighted by Gasteiger charge is 2.12. The van der Waals surface area contributed by atoms with Gasteiger partial charge in [-0.2, -0.15) is 0 Å². The molecule has 0 aliphatic heterocycles. The number of hydrogen-bond acceptors (Lipinski definition) is 5. The van der Waals surface area contributed by atoms with Gasteiger partial charge >= 0.3 is 5.63 Å². The number of aromatic hydroxyl groups is 3. The van der Waals surface area contributed by atoms with E-state index in [0.29, 0.717) is 21.7 Å². The minimum atomic E-state index is -0.560. The lowest BCUT2D eigenvalue weighted by molar-refractivity contribution is 0.403. The summed E-state index contributed by atoms with van der Waals surface area (Å²) in [6.45, 7) is 1.67. The molecule has 0 saturated heterocycles. The zero-order valence-electron chi connectivity index (χ0n) is 9.97. The normalized spacial score (nSPS) is 11.2. The summed E-state index contributed by atoms with van der Waals surface area (Å²) in [4.78, 5) is 11.9. The van der Waals surface area contributed by atoms with Crippen molar-refractivity contribution in [1.82, 2.24) is 0 Å². The minimum Gasteiger partial charge on any atom is -0.508 e. The number of benzene rings is 2. The standard InChI is InChI=1S/C14H10O5/c1-6-2-9-7(3-10(6)15)8-4-11(16)12(17)5-13(8)19-14(9)18/h2-5,15-17H,1H3. The van der Waals surface area contributed by atoms with Crippen molar-refractivity contribution in [2.75, 3.05) is 0 Å². The third-order valence-corrected chi connectivity index (χ3v) is 3.13. The smallest absolute Gasteiger partial charge is 0.344 e. The third kappa shape index (κ3) is 1.59. The Bertz CT molecular complexity index is 877. The van der Waals surface area contributed by atoms with Gasteiger partial charge in [0.25, 0.3) is 0 Å². The molecular weight excluding hydrogens is 248 g/mol. The quantitative estimate of drug-likeness (QED) is 0.327. The van der Waals surface area contributed by atoms with Crippen LogP contribution in [0.1, 0.15) is 5.56 Å². The summed E-state index contributed by atoms with van der Waals surface area (Å²) in [5, 5.41) is 29.9. The molecule has 0 spiro atoms. The fourth-order valence-electron chi connectivity index (χ4n) is 2.10. The maximum Gasteiger partial charge on any atom is 0.344 e. The van der Waals surface area contributed by atoms with Gasteiger partial charge in [-0.05, 0) is 30.7 Å². The van der Waals surface area contributed by atoms with Crippen LogP contribution in [0.15, 0.2) is 33.5 Å². The Morgan fingerprint density at radius 1 is 0.842 bits per heavy atom. The molecule has 3 N–H and O–H groups in total. The van der Waals surface area contributed by atoms with E-state index in [1.165, 1.54) is 24.3 Å². The van der Waals surface area contributed by atoms with Crippen LogP contribution in [0.25, 0.3) is 21.7 Å². The van der Waals surface area contributed by atoms with Gasteiger partial charge in [-0.1, -0.05) is 0 Å².